The van der Waals surface area contributed by atoms with Crippen molar-refractivity contribution < 1.29 is 14.3 Å². The van der Waals surface area contributed by atoms with Gasteiger partial charge in [0, 0.05) is 12.5 Å². The van der Waals surface area contributed by atoms with E-state index >= 15 is 0 Å². The fraction of sp³-hybridized carbons (Fsp3) is 0.889. The summed E-state index contributed by atoms with van der Waals surface area (Å²) < 4.78 is 5.24. The zero-order valence-electron chi connectivity index (χ0n) is 14.0. The fourth-order valence-corrected chi connectivity index (χ4v) is 3.70. The summed E-state index contributed by atoms with van der Waals surface area (Å²) in [7, 11) is 0. The van der Waals surface area contributed by atoms with E-state index in [1.54, 1.807) is 4.90 Å². The lowest BCUT2D eigenvalue weighted by Gasteiger charge is -2.47. The lowest BCUT2D eigenvalue weighted by Crippen LogP contribution is -2.61. The largest absolute Gasteiger partial charge is 0.444 e. The molecule has 1 amide bonds. The Morgan fingerprint density at radius 3 is 2.27 bits per heavy atom. The van der Waals surface area contributed by atoms with E-state index < -0.39 is 0 Å². The summed E-state index contributed by atoms with van der Waals surface area (Å²) in [6.45, 7) is 2.12. The Morgan fingerprint density at radius 2 is 1.64 bits per heavy atom. The highest BCUT2D eigenvalue weighted by Gasteiger charge is 2.46. The lowest BCUT2D eigenvalue weighted by atomic mass is 9.80. The van der Waals surface area contributed by atoms with Gasteiger partial charge < -0.3 is 9.64 Å². The van der Waals surface area contributed by atoms with Gasteiger partial charge in [-0.25, -0.2) is 0 Å². The normalized spacial score (nSPS) is 27.1. The molecule has 2 fully saturated rings. The van der Waals surface area contributed by atoms with Crippen LogP contribution < -0.4 is 0 Å². The van der Waals surface area contributed by atoms with Gasteiger partial charge in [0.05, 0.1) is 5.92 Å². The summed E-state index contributed by atoms with van der Waals surface area (Å²) in [5.41, 5.74) is 0. The number of likely N-dealkylation sites (tertiary alicyclic amines) is 1. The molecule has 0 unspecified atom stereocenters. The van der Waals surface area contributed by atoms with Crippen LogP contribution in [0.5, 0.6) is 0 Å². The number of carbonyl (C=O) groups excluding carboxylic acids is 2. The van der Waals surface area contributed by atoms with E-state index in [1.165, 1.54) is 44.9 Å². The van der Waals surface area contributed by atoms with Crippen molar-refractivity contribution in [1.29, 1.82) is 0 Å². The molecule has 1 saturated heterocycles. The smallest absolute Gasteiger partial charge is 0.307 e. The molecule has 22 heavy (non-hydrogen) atoms. The predicted molar refractivity (Wildman–Crippen MR) is 86.2 cm³/mol. The molecule has 0 radical (unpaired) electrons. The highest BCUT2D eigenvalue weighted by atomic mass is 16.5. The maximum absolute atomic E-state index is 12.3. The number of esters is 1. The standard InChI is InChI=1S/C18H31NO3/c1-2-11-17(20)22-14-19-16-13-10-8-6-4-3-5-7-9-12-15(16)18(19)21/h15-16H,2-14H2,1H3/t15-,16+/m1/s1. The summed E-state index contributed by atoms with van der Waals surface area (Å²) >= 11 is 0. The maximum atomic E-state index is 12.3. The van der Waals surface area contributed by atoms with Crippen LogP contribution in [0.4, 0.5) is 0 Å². The van der Waals surface area contributed by atoms with Crippen LogP contribution in [0, 0.1) is 5.92 Å². The van der Waals surface area contributed by atoms with Crippen molar-refractivity contribution in [3.8, 4) is 0 Å². The Hall–Kier alpha value is -1.06. The Balaban J connectivity index is 1.84. The van der Waals surface area contributed by atoms with Crippen LogP contribution in [-0.2, 0) is 14.3 Å². The molecule has 1 heterocycles. The number of β-lactam (4-membered cyclic amide) rings is 1. The second-order valence-corrected chi connectivity index (χ2v) is 6.78. The Morgan fingerprint density at radius 1 is 1.05 bits per heavy atom. The summed E-state index contributed by atoms with van der Waals surface area (Å²) in [6.07, 6.45) is 13.5. The molecule has 0 bridgehead atoms. The quantitative estimate of drug-likeness (QED) is 0.582. The van der Waals surface area contributed by atoms with Gasteiger partial charge in [0.1, 0.15) is 0 Å². The van der Waals surface area contributed by atoms with Crippen molar-refractivity contribution in [1.82, 2.24) is 4.90 Å². The number of ether oxygens (including phenoxy) is 1. The average molecular weight is 309 g/mol. The van der Waals surface area contributed by atoms with Crippen molar-refractivity contribution >= 4 is 11.9 Å². The van der Waals surface area contributed by atoms with E-state index in [1.807, 2.05) is 6.92 Å². The molecule has 0 spiro atoms. The number of hydrogen-bond acceptors (Lipinski definition) is 3. The zero-order chi connectivity index (χ0) is 15.8. The van der Waals surface area contributed by atoms with Crippen LogP contribution in [-0.4, -0.2) is 29.5 Å². The number of nitrogens with zero attached hydrogens (tertiary/aromatic N) is 1. The Labute approximate surface area is 134 Å². The molecule has 0 aromatic rings. The van der Waals surface area contributed by atoms with Crippen LogP contribution in [0.3, 0.4) is 0 Å². The molecule has 2 aliphatic rings. The van der Waals surface area contributed by atoms with Crippen molar-refractivity contribution in [3.05, 3.63) is 0 Å². The first-order valence-corrected chi connectivity index (χ1v) is 9.20. The van der Waals surface area contributed by atoms with Gasteiger partial charge in [-0.1, -0.05) is 58.3 Å². The molecule has 4 nitrogen and oxygen atoms in total. The summed E-state index contributed by atoms with van der Waals surface area (Å²) in [5.74, 6) is 0.197. The van der Waals surface area contributed by atoms with Gasteiger partial charge >= 0.3 is 5.97 Å². The van der Waals surface area contributed by atoms with E-state index in [4.69, 9.17) is 4.74 Å². The van der Waals surface area contributed by atoms with E-state index in [2.05, 4.69) is 0 Å². The first-order chi connectivity index (χ1) is 10.7. The molecule has 0 aromatic heterocycles. The number of rotatable bonds is 4. The molecule has 4 heteroatoms. The molecule has 0 aromatic carbocycles. The molecule has 1 aliphatic heterocycles. The highest BCUT2D eigenvalue weighted by Crippen LogP contribution is 2.35. The maximum Gasteiger partial charge on any atom is 0.307 e. The number of carbonyl (C=O) groups is 2. The number of fused-ring (bicyclic) bond motifs is 1. The third-order valence-corrected chi connectivity index (χ3v) is 5.05. The summed E-state index contributed by atoms with van der Waals surface area (Å²) in [5, 5.41) is 0. The van der Waals surface area contributed by atoms with Crippen molar-refractivity contribution in [3.63, 3.8) is 0 Å². The van der Waals surface area contributed by atoms with Crippen molar-refractivity contribution in [2.45, 2.75) is 90.0 Å². The van der Waals surface area contributed by atoms with Crippen LogP contribution >= 0.6 is 0 Å². The minimum atomic E-state index is -0.188. The Bertz CT molecular complexity index is 369. The average Bonchev–Trinajstić information content (AvgIpc) is 2.49. The molecule has 2 atom stereocenters. The van der Waals surface area contributed by atoms with Gasteiger partial charge in [0.15, 0.2) is 6.73 Å². The summed E-state index contributed by atoms with van der Waals surface area (Å²) in [4.78, 5) is 25.6. The van der Waals surface area contributed by atoms with Crippen molar-refractivity contribution in [2.24, 2.45) is 5.92 Å². The molecule has 0 N–H and O–H groups in total. The van der Waals surface area contributed by atoms with Gasteiger partial charge in [0.25, 0.3) is 0 Å². The molecule has 1 aliphatic carbocycles. The second kappa shape index (κ2) is 9.16. The third-order valence-electron chi connectivity index (χ3n) is 5.05. The first-order valence-electron chi connectivity index (χ1n) is 9.20. The van der Waals surface area contributed by atoms with Crippen LogP contribution in [0.2, 0.25) is 0 Å². The van der Waals surface area contributed by atoms with E-state index in [-0.39, 0.29) is 24.5 Å². The lowest BCUT2D eigenvalue weighted by molar-refractivity contribution is -0.173. The molecule has 126 valence electrons. The monoisotopic (exact) mass is 309 g/mol. The molecular formula is C18H31NO3. The topological polar surface area (TPSA) is 46.6 Å². The Kier molecular flexibility index (Phi) is 7.20. The first kappa shape index (κ1) is 17.3. The van der Waals surface area contributed by atoms with E-state index in [9.17, 15) is 9.59 Å². The van der Waals surface area contributed by atoms with Gasteiger partial charge in [-0.15, -0.1) is 0 Å². The van der Waals surface area contributed by atoms with E-state index in [0.29, 0.717) is 12.5 Å². The van der Waals surface area contributed by atoms with Gasteiger partial charge in [-0.3, -0.25) is 9.59 Å². The second-order valence-electron chi connectivity index (χ2n) is 6.78. The van der Waals surface area contributed by atoms with Gasteiger partial charge in [-0.2, -0.15) is 0 Å². The minimum Gasteiger partial charge on any atom is -0.444 e. The fourth-order valence-electron chi connectivity index (χ4n) is 3.70. The summed E-state index contributed by atoms with van der Waals surface area (Å²) in [6, 6.07) is 0.307. The van der Waals surface area contributed by atoms with Crippen LogP contribution in [0.25, 0.3) is 0 Å². The van der Waals surface area contributed by atoms with Crippen LogP contribution in [0.15, 0.2) is 0 Å². The van der Waals surface area contributed by atoms with Gasteiger partial charge in [0.2, 0.25) is 5.91 Å². The molecule has 2 rings (SSSR count). The zero-order valence-corrected chi connectivity index (χ0v) is 14.0. The van der Waals surface area contributed by atoms with E-state index in [0.717, 1.165) is 25.7 Å². The minimum absolute atomic E-state index is 0.166. The van der Waals surface area contributed by atoms with Crippen molar-refractivity contribution in [2.75, 3.05) is 6.73 Å². The molecular weight excluding hydrogens is 278 g/mol. The van der Waals surface area contributed by atoms with Crippen LogP contribution in [0.1, 0.15) is 84.0 Å². The van der Waals surface area contributed by atoms with Gasteiger partial charge in [-0.05, 0) is 19.3 Å². The SMILES string of the molecule is CCCC(=O)OCN1C(=O)[C@@H]2CCCCCCCCCC[C@@H]21. The predicted octanol–water partition coefficient (Wildman–Crippen LogP) is 4.03. The number of amides is 1. The highest BCUT2D eigenvalue weighted by molar-refractivity contribution is 5.86. The third kappa shape index (κ3) is 4.72. The molecule has 1 saturated carbocycles. The number of hydrogen-bond donors (Lipinski definition) is 0.